The number of nitrogens with zero attached hydrogens (tertiary/aromatic N) is 4. The van der Waals surface area contributed by atoms with Crippen LogP contribution in [0.15, 0.2) is 4.52 Å². The van der Waals surface area contributed by atoms with Gasteiger partial charge in [0.15, 0.2) is 5.82 Å². The summed E-state index contributed by atoms with van der Waals surface area (Å²) in [7, 11) is -1.02. The SMILES string of the molecule is CN(Cc1noc(C2CC2)n1)C1CCN(CCNS(C)(=O)=O)C1. The number of likely N-dealkylation sites (tertiary alicyclic amines) is 1. The molecule has 2 fully saturated rings. The van der Waals surface area contributed by atoms with Crippen molar-refractivity contribution in [3.05, 3.63) is 11.7 Å². The van der Waals surface area contributed by atoms with E-state index in [4.69, 9.17) is 4.52 Å². The zero-order valence-electron chi connectivity index (χ0n) is 13.7. The summed E-state index contributed by atoms with van der Waals surface area (Å²) in [5.41, 5.74) is 0. The van der Waals surface area contributed by atoms with Gasteiger partial charge in [0.1, 0.15) is 0 Å². The molecule has 1 N–H and O–H groups in total. The van der Waals surface area contributed by atoms with Crippen LogP contribution in [-0.4, -0.2) is 73.9 Å². The molecule has 1 unspecified atom stereocenters. The van der Waals surface area contributed by atoms with Gasteiger partial charge in [-0.05, 0) is 32.9 Å². The lowest BCUT2D eigenvalue weighted by Gasteiger charge is -2.23. The number of sulfonamides is 1. The molecular formula is C14H25N5O3S. The van der Waals surface area contributed by atoms with E-state index in [0.717, 1.165) is 50.6 Å². The lowest BCUT2D eigenvalue weighted by Crippen LogP contribution is -2.37. The molecule has 1 aromatic heterocycles. The van der Waals surface area contributed by atoms with Crippen molar-refractivity contribution in [1.29, 1.82) is 0 Å². The monoisotopic (exact) mass is 343 g/mol. The second-order valence-corrected chi connectivity index (χ2v) is 8.48. The predicted molar refractivity (Wildman–Crippen MR) is 85.4 cm³/mol. The Hall–Kier alpha value is -1.03. The van der Waals surface area contributed by atoms with Gasteiger partial charge in [-0.1, -0.05) is 5.16 Å². The maximum atomic E-state index is 11.1. The largest absolute Gasteiger partial charge is 0.339 e. The molecule has 3 rings (SSSR count). The van der Waals surface area contributed by atoms with Crippen LogP contribution in [0.1, 0.15) is 36.9 Å². The fourth-order valence-corrected chi connectivity index (χ4v) is 3.41. The molecule has 1 aromatic rings. The Morgan fingerprint density at radius 3 is 2.87 bits per heavy atom. The number of aromatic nitrogens is 2. The van der Waals surface area contributed by atoms with E-state index in [9.17, 15) is 8.42 Å². The molecule has 0 amide bonds. The van der Waals surface area contributed by atoms with Gasteiger partial charge in [0.05, 0.1) is 12.8 Å². The molecular weight excluding hydrogens is 318 g/mol. The van der Waals surface area contributed by atoms with E-state index >= 15 is 0 Å². The third kappa shape index (κ3) is 4.97. The predicted octanol–water partition coefficient (Wildman–Crippen LogP) is 0.00230. The van der Waals surface area contributed by atoms with Gasteiger partial charge >= 0.3 is 0 Å². The van der Waals surface area contributed by atoms with Crippen LogP contribution >= 0.6 is 0 Å². The first-order chi connectivity index (χ1) is 10.9. The van der Waals surface area contributed by atoms with Crippen molar-refractivity contribution in [1.82, 2.24) is 24.7 Å². The average Bonchev–Trinajstić information content (AvgIpc) is 3.03. The Kier molecular flexibility index (Phi) is 5.00. The summed E-state index contributed by atoms with van der Waals surface area (Å²) in [6, 6.07) is 0.441. The standard InChI is InChI=1S/C14H25N5O3S/c1-18(10-13-16-14(22-17-13)11-3-4-11)12-5-7-19(9-12)8-6-15-23(2,20)21/h11-12,15H,3-10H2,1-2H3. The lowest BCUT2D eigenvalue weighted by atomic mass is 10.2. The van der Waals surface area contributed by atoms with E-state index in [-0.39, 0.29) is 0 Å². The first-order valence-electron chi connectivity index (χ1n) is 8.10. The van der Waals surface area contributed by atoms with Gasteiger partial charge in [-0.15, -0.1) is 0 Å². The first-order valence-corrected chi connectivity index (χ1v) is 9.99. The molecule has 1 saturated carbocycles. The molecule has 1 aliphatic heterocycles. The molecule has 130 valence electrons. The second-order valence-electron chi connectivity index (χ2n) is 6.65. The Bertz CT molecular complexity index is 628. The zero-order chi connectivity index (χ0) is 16.4. The zero-order valence-corrected chi connectivity index (χ0v) is 14.5. The third-order valence-corrected chi connectivity index (χ3v) is 5.19. The third-order valence-electron chi connectivity index (χ3n) is 4.46. The molecule has 2 aliphatic rings. The number of likely N-dealkylation sites (N-methyl/N-ethyl adjacent to an activating group) is 1. The highest BCUT2D eigenvalue weighted by Crippen LogP contribution is 2.38. The van der Waals surface area contributed by atoms with Crippen molar-refractivity contribution in [2.45, 2.75) is 37.8 Å². The van der Waals surface area contributed by atoms with E-state index in [2.05, 4.69) is 31.7 Å². The van der Waals surface area contributed by atoms with Crippen LogP contribution in [0.3, 0.4) is 0 Å². The van der Waals surface area contributed by atoms with E-state index in [0.29, 0.717) is 25.0 Å². The molecule has 9 heteroatoms. The van der Waals surface area contributed by atoms with Crippen molar-refractivity contribution in [3.8, 4) is 0 Å². The second kappa shape index (κ2) is 6.84. The van der Waals surface area contributed by atoms with Crippen molar-refractivity contribution < 1.29 is 12.9 Å². The minimum Gasteiger partial charge on any atom is -0.339 e. The van der Waals surface area contributed by atoms with E-state index < -0.39 is 10.0 Å². The molecule has 23 heavy (non-hydrogen) atoms. The summed E-state index contributed by atoms with van der Waals surface area (Å²) in [6.45, 7) is 3.82. The van der Waals surface area contributed by atoms with Gasteiger partial charge < -0.3 is 9.42 Å². The minimum atomic E-state index is -3.10. The van der Waals surface area contributed by atoms with Crippen molar-refractivity contribution in [2.75, 3.05) is 39.5 Å². The van der Waals surface area contributed by atoms with Gasteiger partial charge in [0.2, 0.25) is 15.9 Å². The summed E-state index contributed by atoms with van der Waals surface area (Å²) in [6.07, 6.45) is 4.59. The fraction of sp³-hybridized carbons (Fsp3) is 0.857. The van der Waals surface area contributed by atoms with E-state index in [1.54, 1.807) is 0 Å². The highest BCUT2D eigenvalue weighted by Gasteiger charge is 2.30. The van der Waals surface area contributed by atoms with Crippen molar-refractivity contribution in [2.24, 2.45) is 0 Å². The summed E-state index contributed by atoms with van der Waals surface area (Å²) < 4.78 is 30.0. The van der Waals surface area contributed by atoms with Crippen LogP contribution in [0.2, 0.25) is 0 Å². The van der Waals surface area contributed by atoms with E-state index in [1.165, 1.54) is 6.26 Å². The van der Waals surface area contributed by atoms with Crippen LogP contribution in [0.25, 0.3) is 0 Å². The Morgan fingerprint density at radius 1 is 1.39 bits per heavy atom. The first kappa shape index (κ1) is 16.8. The summed E-state index contributed by atoms with van der Waals surface area (Å²) in [5, 5.41) is 4.07. The normalized spacial score (nSPS) is 23.0. The summed E-state index contributed by atoms with van der Waals surface area (Å²) >= 11 is 0. The Balaban J connectivity index is 1.42. The highest BCUT2D eigenvalue weighted by atomic mass is 32.2. The molecule has 0 spiro atoms. The number of nitrogens with one attached hydrogen (secondary N) is 1. The quantitative estimate of drug-likeness (QED) is 0.710. The van der Waals surface area contributed by atoms with Crippen LogP contribution < -0.4 is 4.72 Å². The number of rotatable bonds is 8. The van der Waals surface area contributed by atoms with Gasteiger partial charge in [0.25, 0.3) is 0 Å². The molecule has 8 nitrogen and oxygen atoms in total. The van der Waals surface area contributed by atoms with Crippen LogP contribution in [0.4, 0.5) is 0 Å². The maximum absolute atomic E-state index is 11.1. The molecule has 2 heterocycles. The molecule has 1 atom stereocenters. The summed E-state index contributed by atoms with van der Waals surface area (Å²) in [5.74, 6) is 2.03. The lowest BCUT2D eigenvalue weighted by molar-refractivity contribution is 0.218. The van der Waals surface area contributed by atoms with Crippen LogP contribution in [0, 0.1) is 0 Å². The van der Waals surface area contributed by atoms with Gasteiger partial charge in [-0.2, -0.15) is 4.98 Å². The summed E-state index contributed by atoms with van der Waals surface area (Å²) in [4.78, 5) is 9.01. The Labute approximate surface area is 137 Å². The number of hydrogen-bond donors (Lipinski definition) is 1. The van der Waals surface area contributed by atoms with Crippen LogP contribution in [-0.2, 0) is 16.6 Å². The van der Waals surface area contributed by atoms with Crippen molar-refractivity contribution >= 4 is 10.0 Å². The Morgan fingerprint density at radius 2 is 2.17 bits per heavy atom. The minimum absolute atomic E-state index is 0.441. The van der Waals surface area contributed by atoms with E-state index in [1.807, 2.05) is 0 Å². The van der Waals surface area contributed by atoms with Gasteiger partial charge in [0, 0.05) is 31.6 Å². The molecule has 0 bridgehead atoms. The van der Waals surface area contributed by atoms with Gasteiger partial charge in [-0.3, -0.25) is 4.90 Å². The fourth-order valence-electron chi connectivity index (χ4n) is 2.94. The number of hydrogen-bond acceptors (Lipinski definition) is 7. The van der Waals surface area contributed by atoms with Gasteiger partial charge in [-0.25, -0.2) is 13.1 Å². The topological polar surface area (TPSA) is 91.6 Å². The molecule has 0 radical (unpaired) electrons. The average molecular weight is 343 g/mol. The maximum Gasteiger partial charge on any atom is 0.229 e. The smallest absolute Gasteiger partial charge is 0.229 e. The molecule has 1 aliphatic carbocycles. The van der Waals surface area contributed by atoms with Crippen molar-refractivity contribution in [3.63, 3.8) is 0 Å². The van der Waals surface area contributed by atoms with Crippen LogP contribution in [0.5, 0.6) is 0 Å². The molecule has 1 saturated heterocycles. The molecule has 0 aromatic carbocycles. The highest BCUT2D eigenvalue weighted by molar-refractivity contribution is 7.88.